The van der Waals surface area contributed by atoms with Gasteiger partial charge in [0.25, 0.3) is 0 Å². The number of anilines is 1. The average Bonchev–Trinajstić information content (AvgIpc) is 2.23. The molecule has 1 heterocycles. The highest BCUT2D eigenvalue weighted by atomic mass is 35.5. The van der Waals surface area contributed by atoms with Gasteiger partial charge in [0.15, 0.2) is 5.82 Å². The number of halogens is 1. The number of nitrogen functional groups attached to an aromatic ring is 1. The third-order valence-corrected chi connectivity index (χ3v) is 2.02. The lowest BCUT2D eigenvalue weighted by Gasteiger charge is -2.00. The largest absolute Gasteiger partial charge is 0.382 e. The molecule has 0 atom stereocenters. The molecule has 0 amide bonds. The topological polar surface area (TPSA) is 51.8 Å². The molecule has 0 aliphatic rings. The molecule has 2 aromatic rings. The van der Waals surface area contributed by atoms with Crippen LogP contribution in [0.4, 0.5) is 5.82 Å². The van der Waals surface area contributed by atoms with Crippen LogP contribution in [0.25, 0.3) is 11.4 Å². The van der Waals surface area contributed by atoms with Crippen molar-refractivity contribution in [1.82, 2.24) is 9.97 Å². The predicted octanol–water partition coefficient (Wildman–Crippen LogP) is 2.18. The quantitative estimate of drug-likeness (QED) is 0.775. The maximum absolute atomic E-state index is 5.66. The van der Waals surface area contributed by atoms with Crippen LogP contribution in [0.15, 0.2) is 30.3 Å². The van der Waals surface area contributed by atoms with Crippen molar-refractivity contribution in [2.24, 2.45) is 0 Å². The SMILES string of the molecule is Nc1nc(-c2ccccc2)n[c]c1Cl. The fourth-order valence-corrected chi connectivity index (χ4v) is 1.15. The number of nitrogens with two attached hydrogens (primary N) is 1. The second-order valence-corrected chi connectivity index (χ2v) is 3.10. The number of hydrogen-bond acceptors (Lipinski definition) is 3. The summed E-state index contributed by atoms with van der Waals surface area (Å²) in [6, 6.07) is 9.53. The van der Waals surface area contributed by atoms with Crippen molar-refractivity contribution in [2.45, 2.75) is 0 Å². The van der Waals surface area contributed by atoms with Crippen molar-refractivity contribution in [1.29, 1.82) is 0 Å². The zero-order valence-electron chi connectivity index (χ0n) is 7.24. The maximum atomic E-state index is 5.66. The highest BCUT2D eigenvalue weighted by molar-refractivity contribution is 6.32. The summed E-state index contributed by atoms with van der Waals surface area (Å²) in [5, 5.41) is 0.254. The first kappa shape index (κ1) is 8.97. The standard InChI is InChI=1S/C10H7ClN3/c11-8-6-13-10(14-9(8)12)7-4-2-1-3-5-7/h1-5H,(H2,12,13,14). The molecule has 3 nitrogen and oxygen atoms in total. The Bertz CT molecular complexity index is 442. The monoisotopic (exact) mass is 204 g/mol. The fraction of sp³-hybridized carbons (Fsp3) is 0. The third-order valence-electron chi connectivity index (χ3n) is 1.74. The molecule has 0 unspecified atom stereocenters. The van der Waals surface area contributed by atoms with Crippen LogP contribution in [0.1, 0.15) is 0 Å². The van der Waals surface area contributed by atoms with Crippen LogP contribution in [-0.2, 0) is 0 Å². The van der Waals surface area contributed by atoms with Gasteiger partial charge < -0.3 is 5.73 Å². The molecule has 2 N–H and O–H groups in total. The van der Waals surface area contributed by atoms with Crippen LogP contribution < -0.4 is 5.73 Å². The van der Waals surface area contributed by atoms with E-state index in [1.54, 1.807) is 0 Å². The molecule has 0 saturated carbocycles. The summed E-state index contributed by atoms with van der Waals surface area (Å²) in [7, 11) is 0. The lowest BCUT2D eigenvalue weighted by atomic mass is 10.2. The van der Waals surface area contributed by atoms with Gasteiger partial charge in [-0.1, -0.05) is 41.9 Å². The molecule has 0 bridgehead atoms. The summed E-state index contributed by atoms with van der Waals surface area (Å²) >= 11 is 5.66. The van der Waals surface area contributed by atoms with E-state index < -0.39 is 0 Å². The summed E-state index contributed by atoms with van der Waals surface area (Å²) in [6.45, 7) is 0. The second-order valence-electron chi connectivity index (χ2n) is 2.72. The van der Waals surface area contributed by atoms with Gasteiger partial charge in [-0.3, -0.25) is 0 Å². The van der Waals surface area contributed by atoms with Gasteiger partial charge in [-0.25, -0.2) is 9.97 Å². The molecular weight excluding hydrogens is 198 g/mol. The van der Waals surface area contributed by atoms with Crippen LogP contribution in [0.5, 0.6) is 0 Å². The Morgan fingerprint density at radius 3 is 2.57 bits per heavy atom. The third kappa shape index (κ3) is 1.67. The Kier molecular flexibility index (Phi) is 2.33. The molecule has 1 radical (unpaired) electrons. The van der Waals surface area contributed by atoms with Crippen molar-refractivity contribution in [3.63, 3.8) is 0 Å². The zero-order chi connectivity index (χ0) is 9.97. The Morgan fingerprint density at radius 2 is 1.93 bits per heavy atom. The van der Waals surface area contributed by atoms with Crippen LogP contribution in [0.3, 0.4) is 0 Å². The molecule has 0 saturated heterocycles. The minimum absolute atomic E-state index is 0.250. The van der Waals surface area contributed by atoms with Crippen LogP contribution in [0, 0.1) is 6.20 Å². The Morgan fingerprint density at radius 1 is 1.21 bits per heavy atom. The van der Waals surface area contributed by atoms with Crippen molar-refractivity contribution < 1.29 is 0 Å². The first-order valence-corrected chi connectivity index (χ1v) is 4.41. The average molecular weight is 205 g/mol. The minimum Gasteiger partial charge on any atom is -0.382 e. The lowest BCUT2D eigenvalue weighted by Crippen LogP contribution is -1.96. The van der Waals surface area contributed by atoms with Gasteiger partial charge in [0.2, 0.25) is 0 Å². The lowest BCUT2D eigenvalue weighted by molar-refractivity contribution is 1.18. The molecule has 2 rings (SSSR count). The maximum Gasteiger partial charge on any atom is 0.162 e. The molecule has 4 heteroatoms. The summed E-state index contributed by atoms with van der Waals surface area (Å²) in [5.74, 6) is 0.785. The van der Waals surface area contributed by atoms with Crippen molar-refractivity contribution in [3.05, 3.63) is 41.6 Å². The van der Waals surface area contributed by atoms with E-state index in [4.69, 9.17) is 17.3 Å². The van der Waals surface area contributed by atoms with Crippen molar-refractivity contribution >= 4 is 17.4 Å². The van der Waals surface area contributed by atoms with E-state index in [2.05, 4.69) is 16.2 Å². The number of hydrogen-bond donors (Lipinski definition) is 1. The van der Waals surface area contributed by atoms with E-state index in [1.807, 2.05) is 30.3 Å². The molecule has 0 spiro atoms. The second kappa shape index (κ2) is 3.64. The minimum atomic E-state index is 0.250. The van der Waals surface area contributed by atoms with E-state index in [1.165, 1.54) is 0 Å². The summed E-state index contributed by atoms with van der Waals surface area (Å²) < 4.78 is 0. The van der Waals surface area contributed by atoms with Crippen LogP contribution in [0.2, 0.25) is 5.02 Å². The Balaban J connectivity index is 2.48. The van der Waals surface area contributed by atoms with E-state index in [0.29, 0.717) is 5.82 Å². The molecule has 14 heavy (non-hydrogen) atoms. The van der Waals surface area contributed by atoms with Gasteiger partial charge in [-0.05, 0) is 0 Å². The first-order valence-electron chi connectivity index (χ1n) is 4.03. The van der Waals surface area contributed by atoms with E-state index in [9.17, 15) is 0 Å². The van der Waals surface area contributed by atoms with Crippen LogP contribution >= 0.6 is 11.6 Å². The molecule has 0 fully saturated rings. The molecule has 0 aliphatic carbocycles. The first-order chi connectivity index (χ1) is 6.77. The molecular formula is C10H7ClN3. The Labute approximate surface area is 86.6 Å². The van der Waals surface area contributed by atoms with Gasteiger partial charge in [-0.2, -0.15) is 0 Å². The zero-order valence-corrected chi connectivity index (χ0v) is 7.99. The normalized spacial score (nSPS) is 10.1. The molecule has 1 aromatic carbocycles. The van der Waals surface area contributed by atoms with Gasteiger partial charge in [0.05, 0.1) is 0 Å². The number of nitrogens with zero attached hydrogens (tertiary/aromatic N) is 2. The van der Waals surface area contributed by atoms with Gasteiger partial charge in [0, 0.05) is 5.56 Å². The summed E-state index contributed by atoms with van der Waals surface area (Å²) in [6.07, 6.45) is 2.59. The van der Waals surface area contributed by atoms with Crippen molar-refractivity contribution in [3.8, 4) is 11.4 Å². The predicted molar refractivity (Wildman–Crippen MR) is 55.7 cm³/mol. The number of rotatable bonds is 1. The van der Waals surface area contributed by atoms with Crippen LogP contribution in [-0.4, -0.2) is 9.97 Å². The Hall–Kier alpha value is -1.61. The smallest absolute Gasteiger partial charge is 0.162 e. The summed E-state index contributed by atoms with van der Waals surface area (Å²) in [4.78, 5) is 8.01. The molecule has 0 aliphatic heterocycles. The number of aromatic nitrogens is 2. The highest BCUT2D eigenvalue weighted by Crippen LogP contribution is 2.19. The highest BCUT2D eigenvalue weighted by Gasteiger charge is 2.03. The fourth-order valence-electron chi connectivity index (χ4n) is 1.06. The molecule has 1 aromatic heterocycles. The number of benzene rings is 1. The van der Waals surface area contributed by atoms with Crippen molar-refractivity contribution in [2.75, 3.05) is 5.73 Å². The van der Waals surface area contributed by atoms with Gasteiger partial charge in [0.1, 0.15) is 17.0 Å². The van der Waals surface area contributed by atoms with E-state index >= 15 is 0 Å². The van der Waals surface area contributed by atoms with E-state index in [-0.39, 0.29) is 10.8 Å². The summed E-state index contributed by atoms with van der Waals surface area (Å²) in [5.41, 5.74) is 6.44. The molecule has 69 valence electrons. The van der Waals surface area contributed by atoms with Gasteiger partial charge in [-0.15, -0.1) is 0 Å². The van der Waals surface area contributed by atoms with E-state index in [0.717, 1.165) is 5.56 Å². The van der Waals surface area contributed by atoms with Gasteiger partial charge >= 0.3 is 0 Å².